The van der Waals surface area contributed by atoms with E-state index in [1.807, 2.05) is 77.3 Å². The van der Waals surface area contributed by atoms with E-state index in [1.165, 1.54) is 0 Å². The van der Waals surface area contributed by atoms with Crippen LogP contribution in [-0.2, 0) is 11.4 Å². The Balaban J connectivity index is 1.10. The smallest absolute Gasteiger partial charge is 0.335 e. The van der Waals surface area contributed by atoms with Gasteiger partial charge in [-0.25, -0.2) is 9.78 Å². The summed E-state index contributed by atoms with van der Waals surface area (Å²) in [5.41, 5.74) is 9.23. The van der Waals surface area contributed by atoms with Crippen molar-refractivity contribution in [3.8, 4) is 33.6 Å². The fourth-order valence-electron chi connectivity index (χ4n) is 5.17. The van der Waals surface area contributed by atoms with Gasteiger partial charge in [-0.05, 0) is 58.7 Å². The average Bonchev–Trinajstić information content (AvgIpc) is 3.49. The molecule has 9 heteroatoms. The van der Waals surface area contributed by atoms with Crippen molar-refractivity contribution in [2.75, 3.05) is 5.32 Å². The van der Waals surface area contributed by atoms with E-state index in [-0.39, 0.29) is 5.56 Å². The van der Waals surface area contributed by atoms with Gasteiger partial charge in [0.15, 0.2) is 0 Å². The Morgan fingerprint density at radius 2 is 1.60 bits per heavy atom. The lowest BCUT2D eigenvalue weighted by Crippen LogP contribution is -1.99. The highest BCUT2D eigenvalue weighted by atomic mass is 16.6. The minimum absolute atomic E-state index is 0.222. The number of carbonyl (C=O) groups is 1. The third-order valence-electron chi connectivity index (χ3n) is 7.63. The van der Waals surface area contributed by atoms with Gasteiger partial charge in [-0.15, -0.1) is 0 Å². The van der Waals surface area contributed by atoms with Gasteiger partial charge in [0.2, 0.25) is 0 Å². The second-order valence-corrected chi connectivity index (χ2v) is 10.7. The number of anilines is 2. The Morgan fingerprint density at radius 1 is 0.830 bits per heavy atom. The number of benzene rings is 4. The Morgan fingerprint density at radius 3 is 2.32 bits per heavy atom. The molecule has 0 aliphatic heterocycles. The van der Waals surface area contributed by atoms with E-state index in [1.54, 1.807) is 49.1 Å². The average molecular weight is 617 g/mol. The maximum absolute atomic E-state index is 11.4. The number of carboxylic acid groups (broad SMARTS) is 1. The molecule has 3 heterocycles. The monoisotopic (exact) mass is 616 g/mol. The lowest BCUT2D eigenvalue weighted by molar-refractivity contribution is 0.0697. The molecule has 7 aromatic rings. The molecule has 0 fully saturated rings. The van der Waals surface area contributed by atoms with Crippen molar-refractivity contribution in [1.29, 1.82) is 0 Å². The molecule has 0 bridgehead atoms. The molecule has 0 saturated heterocycles. The second-order valence-electron chi connectivity index (χ2n) is 10.7. The van der Waals surface area contributed by atoms with Gasteiger partial charge >= 0.3 is 5.97 Å². The van der Waals surface area contributed by atoms with E-state index in [4.69, 9.17) is 9.82 Å². The van der Waals surface area contributed by atoms with E-state index in [0.717, 1.165) is 61.9 Å². The van der Waals surface area contributed by atoms with Gasteiger partial charge in [0, 0.05) is 35.4 Å². The normalized spacial score (nSPS) is 11.1. The molecular formula is C38H28N6O3. The van der Waals surface area contributed by atoms with Gasteiger partial charge in [0.1, 0.15) is 23.8 Å². The number of nitrogens with zero attached hydrogens (tertiary/aromatic N) is 5. The highest BCUT2D eigenvalue weighted by Gasteiger charge is 2.16. The number of pyridine rings is 1. The first kappa shape index (κ1) is 29.1. The number of aromatic nitrogens is 4. The number of oxime groups is 1. The third-order valence-corrected chi connectivity index (χ3v) is 7.63. The zero-order valence-corrected chi connectivity index (χ0v) is 25.1. The van der Waals surface area contributed by atoms with Crippen LogP contribution in [0.2, 0.25) is 0 Å². The summed E-state index contributed by atoms with van der Waals surface area (Å²) in [5, 5.41) is 16.9. The molecule has 0 amide bonds. The first-order chi connectivity index (χ1) is 23.1. The first-order valence-corrected chi connectivity index (χ1v) is 14.9. The zero-order chi connectivity index (χ0) is 32.0. The molecule has 0 radical (unpaired) electrons. The van der Waals surface area contributed by atoms with E-state index in [0.29, 0.717) is 6.61 Å². The predicted octanol–water partition coefficient (Wildman–Crippen LogP) is 8.12. The number of hydrogen-bond donors (Lipinski definition) is 2. The summed E-state index contributed by atoms with van der Waals surface area (Å²) in [6.07, 6.45) is 8.72. The SMILES string of the molecule is O=C(O)c1ccc(Nc2c(-c3ccc(CO/N=C\c4ccc(-c5cnccn5)cc4)cc3)nc3cc(-c4ccccc4)ccn23)cc1. The van der Waals surface area contributed by atoms with E-state index >= 15 is 0 Å². The number of hydrogen-bond acceptors (Lipinski definition) is 7. The summed E-state index contributed by atoms with van der Waals surface area (Å²) in [4.78, 5) is 30.4. The lowest BCUT2D eigenvalue weighted by Gasteiger charge is -2.10. The van der Waals surface area contributed by atoms with Crippen LogP contribution in [0.5, 0.6) is 0 Å². The molecule has 0 unspecified atom stereocenters. The topological polar surface area (TPSA) is 114 Å². The Bertz CT molecular complexity index is 2160. The quantitative estimate of drug-likeness (QED) is 0.118. The van der Waals surface area contributed by atoms with Crippen molar-refractivity contribution >= 4 is 29.3 Å². The fourth-order valence-corrected chi connectivity index (χ4v) is 5.17. The maximum atomic E-state index is 11.4. The van der Waals surface area contributed by atoms with Crippen LogP contribution in [0.25, 0.3) is 39.3 Å². The van der Waals surface area contributed by atoms with Crippen LogP contribution in [0.1, 0.15) is 21.5 Å². The van der Waals surface area contributed by atoms with Crippen LogP contribution in [0.3, 0.4) is 0 Å². The van der Waals surface area contributed by atoms with Gasteiger partial charge < -0.3 is 15.3 Å². The van der Waals surface area contributed by atoms with Crippen molar-refractivity contribution in [3.63, 3.8) is 0 Å². The molecule has 0 saturated carbocycles. The summed E-state index contributed by atoms with van der Waals surface area (Å²) >= 11 is 0. The molecule has 4 aromatic carbocycles. The number of carboxylic acids is 1. The summed E-state index contributed by atoms with van der Waals surface area (Å²) in [6.45, 7) is 0.307. The molecule has 47 heavy (non-hydrogen) atoms. The van der Waals surface area contributed by atoms with Gasteiger partial charge in [0.25, 0.3) is 0 Å². The van der Waals surface area contributed by atoms with Gasteiger partial charge in [0.05, 0.1) is 23.7 Å². The van der Waals surface area contributed by atoms with Crippen molar-refractivity contribution in [2.45, 2.75) is 6.61 Å². The van der Waals surface area contributed by atoms with Crippen LogP contribution in [0.4, 0.5) is 11.5 Å². The summed E-state index contributed by atoms with van der Waals surface area (Å²) in [5.74, 6) is -0.204. The van der Waals surface area contributed by atoms with Gasteiger partial charge in [-0.2, -0.15) is 0 Å². The molecule has 2 N–H and O–H groups in total. The molecule has 9 nitrogen and oxygen atoms in total. The molecule has 0 spiro atoms. The molecule has 3 aromatic heterocycles. The van der Waals surface area contributed by atoms with Crippen LogP contribution < -0.4 is 5.32 Å². The summed E-state index contributed by atoms with van der Waals surface area (Å²) < 4.78 is 2.00. The number of rotatable bonds is 10. The summed E-state index contributed by atoms with van der Waals surface area (Å²) in [6, 6.07) is 36.8. The van der Waals surface area contributed by atoms with Crippen molar-refractivity contribution in [2.24, 2.45) is 5.16 Å². The largest absolute Gasteiger partial charge is 0.478 e. The second kappa shape index (κ2) is 13.2. The maximum Gasteiger partial charge on any atom is 0.335 e. The minimum Gasteiger partial charge on any atom is -0.478 e. The number of nitrogens with one attached hydrogen (secondary N) is 1. The summed E-state index contributed by atoms with van der Waals surface area (Å²) in [7, 11) is 0. The van der Waals surface area contributed by atoms with E-state index in [2.05, 4.69) is 44.7 Å². The van der Waals surface area contributed by atoms with Crippen molar-refractivity contribution in [3.05, 3.63) is 157 Å². The fraction of sp³-hybridized carbons (Fsp3) is 0.0263. The van der Waals surface area contributed by atoms with Crippen LogP contribution in [0, 0.1) is 0 Å². The van der Waals surface area contributed by atoms with Crippen molar-refractivity contribution < 1.29 is 14.7 Å². The standard InChI is InChI=1S/C38H28N6O3/c45-38(46)31-14-16-33(17-15-31)42-37-36(43-35-22-32(18-21-44(35)37)28-4-2-1-3-5-28)30-12-8-27(9-13-30)25-47-41-23-26-6-10-29(11-7-26)34-24-39-19-20-40-34/h1-24,42H,25H2,(H,45,46)/b41-23-. The number of fused-ring (bicyclic) bond motifs is 1. The molecular weight excluding hydrogens is 588 g/mol. The van der Waals surface area contributed by atoms with Crippen molar-refractivity contribution in [1.82, 2.24) is 19.4 Å². The van der Waals surface area contributed by atoms with Gasteiger partial charge in [-0.3, -0.25) is 14.4 Å². The predicted molar refractivity (Wildman–Crippen MR) is 183 cm³/mol. The third kappa shape index (κ3) is 6.59. The number of aromatic carboxylic acids is 1. The zero-order valence-electron chi connectivity index (χ0n) is 25.1. The minimum atomic E-state index is -0.969. The Labute approximate surface area is 270 Å². The lowest BCUT2D eigenvalue weighted by atomic mass is 10.1. The molecule has 0 aliphatic carbocycles. The first-order valence-electron chi connectivity index (χ1n) is 14.9. The van der Waals surface area contributed by atoms with E-state index < -0.39 is 5.97 Å². The Hall–Kier alpha value is -6.61. The molecule has 228 valence electrons. The Kier molecular flexibility index (Phi) is 8.16. The van der Waals surface area contributed by atoms with E-state index in [9.17, 15) is 9.90 Å². The molecule has 7 rings (SSSR count). The van der Waals surface area contributed by atoms with Crippen LogP contribution in [0.15, 0.2) is 145 Å². The molecule has 0 atom stereocenters. The highest BCUT2D eigenvalue weighted by molar-refractivity contribution is 5.88. The molecule has 0 aliphatic rings. The van der Waals surface area contributed by atoms with Crippen LogP contribution >= 0.6 is 0 Å². The van der Waals surface area contributed by atoms with Gasteiger partial charge in [-0.1, -0.05) is 84.0 Å². The van der Waals surface area contributed by atoms with Crippen LogP contribution in [-0.4, -0.2) is 36.6 Å². The highest BCUT2D eigenvalue weighted by Crippen LogP contribution is 2.33. The number of imidazole rings is 1.